The second kappa shape index (κ2) is 6.20. The molecule has 1 aromatic rings. The van der Waals surface area contributed by atoms with Gasteiger partial charge in [-0.25, -0.2) is 0 Å². The fraction of sp³-hybridized carbons (Fsp3) is 0.562. The maximum Gasteiger partial charge on any atom is 0.222 e. The molecule has 1 atom stereocenters. The van der Waals surface area contributed by atoms with Gasteiger partial charge in [0.15, 0.2) is 0 Å². The molecule has 1 saturated heterocycles. The molecule has 0 saturated carbocycles. The molecule has 0 bridgehead atoms. The summed E-state index contributed by atoms with van der Waals surface area (Å²) in [6.07, 6.45) is 3.18. The van der Waals surface area contributed by atoms with Crippen LogP contribution < -0.4 is 0 Å². The van der Waals surface area contributed by atoms with Crippen molar-refractivity contribution in [2.24, 2.45) is 0 Å². The van der Waals surface area contributed by atoms with E-state index in [1.165, 1.54) is 0 Å². The molecule has 1 amide bonds. The Morgan fingerprint density at radius 1 is 1.26 bits per heavy atom. The monoisotopic (exact) mass is 261 g/mol. The summed E-state index contributed by atoms with van der Waals surface area (Å²) in [5, 5.41) is 10.4. The number of carbonyl (C=O) groups excluding carboxylic acids is 1. The van der Waals surface area contributed by atoms with Crippen molar-refractivity contribution >= 4 is 5.91 Å². The van der Waals surface area contributed by atoms with Gasteiger partial charge in [0.2, 0.25) is 5.91 Å². The van der Waals surface area contributed by atoms with Gasteiger partial charge < -0.3 is 10.0 Å². The number of aliphatic hydroxyl groups excluding tert-OH is 1. The van der Waals surface area contributed by atoms with Gasteiger partial charge in [0.05, 0.1) is 12.6 Å². The molecular weight excluding hydrogens is 238 g/mol. The standard InChI is InChI=1S/C16H23NO2/c1-12-7-8-13(2)14(10-12)15(18)11-17-9-5-3-4-6-16(17)19/h7-8,10,15,18H,3-6,9,11H2,1-2H3. The van der Waals surface area contributed by atoms with Gasteiger partial charge in [-0.3, -0.25) is 4.79 Å². The molecule has 0 aromatic heterocycles. The van der Waals surface area contributed by atoms with E-state index < -0.39 is 6.10 Å². The highest BCUT2D eigenvalue weighted by Gasteiger charge is 2.21. The number of β-amino-alcohol motifs (C(OH)–C–C–N with tert-alkyl or cyclic N) is 1. The van der Waals surface area contributed by atoms with Crippen molar-refractivity contribution in [1.82, 2.24) is 4.90 Å². The number of aryl methyl sites for hydroxylation is 2. The average Bonchev–Trinajstić information content (AvgIpc) is 2.58. The highest BCUT2D eigenvalue weighted by Crippen LogP contribution is 2.22. The fourth-order valence-electron chi connectivity index (χ4n) is 2.66. The molecule has 0 spiro atoms. The minimum Gasteiger partial charge on any atom is -0.387 e. The molecule has 3 heteroatoms. The van der Waals surface area contributed by atoms with Crippen LogP contribution in [0.3, 0.4) is 0 Å². The van der Waals surface area contributed by atoms with E-state index in [2.05, 4.69) is 0 Å². The summed E-state index contributed by atoms with van der Waals surface area (Å²) in [6, 6.07) is 6.09. The summed E-state index contributed by atoms with van der Waals surface area (Å²) in [5.41, 5.74) is 3.17. The van der Waals surface area contributed by atoms with Crippen LogP contribution in [0.1, 0.15) is 48.5 Å². The molecule has 104 valence electrons. The number of aliphatic hydroxyl groups is 1. The Hall–Kier alpha value is -1.35. The van der Waals surface area contributed by atoms with Crippen molar-refractivity contribution in [1.29, 1.82) is 0 Å². The minimum absolute atomic E-state index is 0.182. The number of rotatable bonds is 3. The predicted molar refractivity (Wildman–Crippen MR) is 75.9 cm³/mol. The van der Waals surface area contributed by atoms with Crippen molar-refractivity contribution in [3.05, 3.63) is 34.9 Å². The van der Waals surface area contributed by atoms with E-state index >= 15 is 0 Å². The number of nitrogens with zero attached hydrogens (tertiary/aromatic N) is 1. The normalized spacial score (nSPS) is 18.3. The second-order valence-corrected chi connectivity index (χ2v) is 5.53. The number of benzene rings is 1. The summed E-state index contributed by atoms with van der Waals surface area (Å²) in [4.78, 5) is 13.8. The Labute approximate surface area is 115 Å². The van der Waals surface area contributed by atoms with E-state index in [0.29, 0.717) is 13.0 Å². The van der Waals surface area contributed by atoms with Gasteiger partial charge in [-0.05, 0) is 37.8 Å². The highest BCUT2D eigenvalue weighted by atomic mass is 16.3. The molecule has 3 nitrogen and oxygen atoms in total. The Morgan fingerprint density at radius 3 is 2.84 bits per heavy atom. The van der Waals surface area contributed by atoms with Crippen molar-refractivity contribution in [3.63, 3.8) is 0 Å². The fourth-order valence-corrected chi connectivity index (χ4v) is 2.66. The number of hydrogen-bond acceptors (Lipinski definition) is 2. The molecular formula is C16H23NO2. The molecule has 1 aliphatic heterocycles. The third-order valence-corrected chi connectivity index (χ3v) is 3.86. The first-order valence-electron chi connectivity index (χ1n) is 7.11. The van der Waals surface area contributed by atoms with Crippen LogP contribution in [0.5, 0.6) is 0 Å². The van der Waals surface area contributed by atoms with Crippen molar-refractivity contribution in [2.45, 2.75) is 45.6 Å². The zero-order valence-electron chi connectivity index (χ0n) is 11.9. The van der Waals surface area contributed by atoms with Gasteiger partial charge in [-0.15, -0.1) is 0 Å². The van der Waals surface area contributed by atoms with E-state index in [1.807, 2.05) is 36.9 Å². The lowest BCUT2D eigenvalue weighted by molar-refractivity contribution is -0.132. The van der Waals surface area contributed by atoms with Crippen LogP contribution in [0.2, 0.25) is 0 Å². The molecule has 2 rings (SSSR count). The first-order chi connectivity index (χ1) is 9.08. The summed E-state index contributed by atoms with van der Waals surface area (Å²) in [5.74, 6) is 0.182. The summed E-state index contributed by atoms with van der Waals surface area (Å²) in [6.45, 7) is 5.22. The number of amides is 1. The predicted octanol–water partition coefficient (Wildman–Crippen LogP) is 2.74. The molecule has 1 N–H and O–H groups in total. The third-order valence-electron chi connectivity index (χ3n) is 3.86. The smallest absolute Gasteiger partial charge is 0.222 e. The van der Waals surface area contributed by atoms with Gasteiger partial charge in [-0.1, -0.05) is 30.2 Å². The molecule has 1 aromatic carbocycles. The topological polar surface area (TPSA) is 40.5 Å². The summed E-state index contributed by atoms with van der Waals surface area (Å²) < 4.78 is 0. The van der Waals surface area contributed by atoms with Crippen LogP contribution >= 0.6 is 0 Å². The summed E-state index contributed by atoms with van der Waals surface area (Å²) in [7, 11) is 0. The first kappa shape index (κ1) is 14.1. The van der Waals surface area contributed by atoms with Crippen LogP contribution in [-0.4, -0.2) is 29.0 Å². The second-order valence-electron chi connectivity index (χ2n) is 5.53. The Bertz CT molecular complexity index is 456. The highest BCUT2D eigenvalue weighted by molar-refractivity contribution is 5.76. The Balaban J connectivity index is 2.09. The average molecular weight is 261 g/mol. The molecule has 1 heterocycles. The Morgan fingerprint density at radius 2 is 2.05 bits per heavy atom. The van der Waals surface area contributed by atoms with E-state index in [0.717, 1.165) is 42.5 Å². The van der Waals surface area contributed by atoms with Gasteiger partial charge in [0.1, 0.15) is 0 Å². The van der Waals surface area contributed by atoms with Crippen molar-refractivity contribution in [2.75, 3.05) is 13.1 Å². The maximum atomic E-state index is 11.9. The molecule has 1 aliphatic rings. The Kier molecular flexibility index (Phi) is 4.59. The van der Waals surface area contributed by atoms with E-state index in [-0.39, 0.29) is 5.91 Å². The van der Waals surface area contributed by atoms with Crippen LogP contribution in [0.15, 0.2) is 18.2 Å². The summed E-state index contributed by atoms with van der Waals surface area (Å²) >= 11 is 0. The van der Waals surface area contributed by atoms with E-state index in [1.54, 1.807) is 0 Å². The van der Waals surface area contributed by atoms with Crippen LogP contribution in [-0.2, 0) is 4.79 Å². The maximum absolute atomic E-state index is 11.9. The van der Waals surface area contributed by atoms with Gasteiger partial charge >= 0.3 is 0 Å². The van der Waals surface area contributed by atoms with Gasteiger partial charge in [0.25, 0.3) is 0 Å². The molecule has 1 unspecified atom stereocenters. The van der Waals surface area contributed by atoms with Gasteiger partial charge in [-0.2, -0.15) is 0 Å². The lowest BCUT2D eigenvalue weighted by Crippen LogP contribution is -2.34. The lowest BCUT2D eigenvalue weighted by Gasteiger charge is -2.25. The largest absolute Gasteiger partial charge is 0.387 e. The number of likely N-dealkylation sites (tertiary alicyclic amines) is 1. The quantitative estimate of drug-likeness (QED) is 0.909. The first-order valence-corrected chi connectivity index (χ1v) is 7.11. The molecule has 0 radical (unpaired) electrons. The zero-order chi connectivity index (χ0) is 13.8. The van der Waals surface area contributed by atoms with Crippen molar-refractivity contribution in [3.8, 4) is 0 Å². The van der Waals surface area contributed by atoms with E-state index in [9.17, 15) is 9.90 Å². The SMILES string of the molecule is Cc1ccc(C)c(C(O)CN2CCCCCC2=O)c1. The van der Waals surface area contributed by atoms with Gasteiger partial charge in [0, 0.05) is 13.0 Å². The lowest BCUT2D eigenvalue weighted by atomic mass is 10.0. The molecule has 19 heavy (non-hydrogen) atoms. The van der Waals surface area contributed by atoms with E-state index in [4.69, 9.17) is 0 Å². The minimum atomic E-state index is -0.582. The molecule has 1 fully saturated rings. The molecule has 0 aliphatic carbocycles. The number of carbonyl (C=O) groups is 1. The third kappa shape index (κ3) is 3.57. The number of hydrogen-bond donors (Lipinski definition) is 1. The van der Waals surface area contributed by atoms with Crippen LogP contribution in [0.25, 0.3) is 0 Å². The van der Waals surface area contributed by atoms with Crippen LogP contribution in [0, 0.1) is 13.8 Å². The van der Waals surface area contributed by atoms with Crippen molar-refractivity contribution < 1.29 is 9.90 Å². The zero-order valence-corrected chi connectivity index (χ0v) is 11.9. The van der Waals surface area contributed by atoms with Crippen LogP contribution in [0.4, 0.5) is 0 Å².